The number of fused-ring (bicyclic) bond motifs is 1. The van der Waals surface area contributed by atoms with Gasteiger partial charge in [0.05, 0.1) is 23.1 Å². The Kier molecular flexibility index (Phi) is 6.51. The molecule has 0 aromatic carbocycles. The minimum Gasteiger partial charge on any atom is -0.391 e. The van der Waals surface area contributed by atoms with Crippen molar-refractivity contribution in [1.82, 2.24) is 14.7 Å². The number of aliphatic hydroxyl groups excluding tert-OH is 1. The second kappa shape index (κ2) is 9.00. The van der Waals surface area contributed by atoms with Gasteiger partial charge in [-0.1, -0.05) is 11.2 Å². The number of rotatable bonds is 6. The molecule has 3 aliphatic heterocycles. The first kappa shape index (κ1) is 22.4. The Bertz CT molecular complexity index is 777. The van der Waals surface area contributed by atoms with E-state index in [2.05, 4.69) is 17.0 Å². The van der Waals surface area contributed by atoms with E-state index in [9.17, 15) is 14.3 Å². The van der Waals surface area contributed by atoms with E-state index in [0.717, 1.165) is 38.2 Å². The molecule has 1 N–H and O–H groups in total. The lowest BCUT2D eigenvalue weighted by Crippen LogP contribution is -2.47. The summed E-state index contributed by atoms with van der Waals surface area (Å²) in [5, 5.41) is 14.6. The Morgan fingerprint density at radius 1 is 1.39 bits per heavy atom. The van der Waals surface area contributed by atoms with Crippen molar-refractivity contribution >= 4 is 11.6 Å². The summed E-state index contributed by atoms with van der Waals surface area (Å²) < 4.78 is 13.6. The smallest absolute Gasteiger partial charge is 0.229 e. The standard InChI is InChI=1S/C23H35FN4O3/c1-4-28(22(30)18-14-26(3)15-19(18)29)12-11-27-9-6-16(7-10-27)21-23(2)8-5-17(24)13-20(23)31-25-21/h5,8,13,16,18-20,29H,4,6-7,9-12,14-15H2,1-3H3. The van der Waals surface area contributed by atoms with Crippen molar-refractivity contribution in [1.29, 1.82) is 0 Å². The first-order chi connectivity index (χ1) is 14.8. The summed E-state index contributed by atoms with van der Waals surface area (Å²) in [5.74, 6) is -0.179. The van der Waals surface area contributed by atoms with Crippen molar-refractivity contribution in [2.24, 2.45) is 22.4 Å². The van der Waals surface area contributed by atoms with Crippen LogP contribution in [0.15, 0.2) is 29.2 Å². The van der Waals surface area contributed by atoms with Crippen molar-refractivity contribution in [3.05, 3.63) is 24.1 Å². The number of allylic oxidation sites excluding steroid dienone is 2. The zero-order valence-electron chi connectivity index (χ0n) is 18.8. The number of nitrogens with zero attached hydrogens (tertiary/aromatic N) is 4. The summed E-state index contributed by atoms with van der Waals surface area (Å²) in [6.07, 6.45) is 5.98. The van der Waals surface area contributed by atoms with Gasteiger partial charge in [0.15, 0.2) is 6.10 Å². The lowest BCUT2D eigenvalue weighted by atomic mass is 9.71. The molecule has 1 amide bonds. The van der Waals surface area contributed by atoms with Crippen molar-refractivity contribution < 1.29 is 19.1 Å². The van der Waals surface area contributed by atoms with Crippen LogP contribution in [-0.4, -0.2) is 96.5 Å². The summed E-state index contributed by atoms with van der Waals surface area (Å²) in [7, 11) is 1.94. The number of β-amino-alcohol motifs (C(OH)–C–C–N with tert-alkyl or cyclic N) is 1. The lowest BCUT2D eigenvalue weighted by Gasteiger charge is -2.37. The van der Waals surface area contributed by atoms with Crippen LogP contribution in [0.1, 0.15) is 26.7 Å². The normalized spacial score (nSPS) is 34.3. The molecule has 4 rings (SSSR count). The Balaban J connectivity index is 1.27. The van der Waals surface area contributed by atoms with Crippen molar-refractivity contribution in [2.75, 3.05) is 52.9 Å². The zero-order chi connectivity index (χ0) is 22.2. The van der Waals surface area contributed by atoms with Crippen LogP contribution in [0.3, 0.4) is 0 Å². The fraction of sp³-hybridized carbons (Fsp3) is 0.739. The van der Waals surface area contributed by atoms with Gasteiger partial charge in [-0.2, -0.15) is 0 Å². The molecule has 0 aromatic heterocycles. The molecular formula is C23H35FN4O3. The van der Waals surface area contributed by atoms with E-state index in [1.807, 2.05) is 29.8 Å². The molecule has 7 nitrogen and oxygen atoms in total. The number of oxime groups is 1. The number of hydrogen-bond acceptors (Lipinski definition) is 6. The summed E-state index contributed by atoms with van der Waals surface area (Å²) in [5.41, 5.74) is 0.671. The van der Waals surface area contributed by atoms with Gasteiger partial charge in [0.1, 0.15) is 5.83 Å². The third kappa shape index (κ3) is 4.43. The average molecular weight is 435 g/mol. The highest BCUT2D eigenvalue weighted by Gasteiger charge is 2.48. The van der Waals surface area contributed by atoms with Crippen molar-refractivity contribution in [3.8, 4) is 0 Å². The maximum absolute atomic E-state index is 13.6. The Hall–Kier alpha value is -1.77. The third-order valence-electron chi connectivity index (χ3n) is 7.45. The van der Waals surface area contributed by atoms with Gasteiger partial charge in [-0.25, -0.2) is 4.39 Å². The monoisotopic (exact) mass is 434 g/mol. The van der Waals surface area contributed by atoms with E-state index in [-0.39, 0.29) is 29.2 Å². The Labute approximate surface area is 184 Å². The highest BCUT2D eigenvalue weighted by Crippen LogP contribution is 2.42. The van der Waals surface area contributed by atoms with Crippen molar-refractivity contribution in [3.63, 3.8) is 0 Å². The van der Waals surface area contributed by atoms with Gasteiger partial charge in [-0.15, -0.1) is 0 Å². The minimum atomic E-state index is -0.570. The molecule has 0 saturated carbocycles. The molecule has 3 heterocycles. The first-order valence-corrected chi connectivity index (χ1v) is 11.5. The van der Waals surface area contributed by atoms with E-state index in [1.54, 1.807) is 0 Å². The van der Waals surface area contributed by atoms with Crippen LogP contribution in [0.2, 0.25) is 0 Å². The molecule has 2 saturated heterocycles. The summed E-state index contributed by atoms with van der Waals surface area (Å²) in [4.78, 5) is 24.7. The van der Waals surface area contributed by atoms with Crippen LogP contribution < -0.4 is 0 Å². The number of likely N-dealkylation sites (tertiary alicyclic amines) is 2. The van der Waals surface area contributed by atoms with Gasteiger partial charge in [0, 0.05) is 38.6 Å². The summed E-state index contributed by atoms with van der Waals surface area (Å²) in [6.45, 7) is 9.33. The predicted octanol–water partition coefficient (Wildman–Crippen LogP) is 1.65. The number of aliphatic hydroxyl groups is 1. The molecule has 2 fully saturated rings. The SMILES string of the molecule is CCN(CCN1CCC(C2=NOC3C=C(F)C=CC23C)CC1)C(=O)C1CN(C)CC1O. The summed E-state index contributed by atoms with van der Waals surface area (Å²) >= 11 is 0. The molecule has 4 aliphatic rings. The van der Waals surface area contributed by atoms with Crippen LogP contribution in [0.5, 0.6) is 0 Å². The Morgan fingerprint density at radius 3 is 2.77 bits per heavy atom. The van der Waals surface area contributed by atoms with Gasteiger partial charge in [0.2, 0.25) is 5.91 Å². The second-order valence-corrected chi connectivity index (χ2v) is 9.60. The van der Waals surface area contributed by atoms with Gasteiger partial charge >= 0.3 is 0 Å². The fourth-order valence-corrected chi connectivity index (χ4v) is 5.39. The number of likely N-dealkylation sites (N-methyl/N-ethyl adjacent to an activating group) is 2. The van der Waals surface area contributed by atoms with Gasteiger partial charge in [-0.05, 0) is 59.0 Å². The number of carbonyl (C=O) groups is 1. The molecule has 1 aliphatic carbocycles. The molecule has 0 radical (unpaired) electrons. The van der Waals surface area contributed by atoms with Gasteiger partial charge < -0.3 is 24.6 Å². The summed E-state index contributed by atoms with van der Waals surface area (Å²) in [6, 6.07) is 0. The topological polar surface area (TPSA) is 68.6 Å². The van der Waals surface area contributed by atoms with Crippen LogP contribution in [-0.2, 0) is 9.63 Å². The number of hydrogen-bond donors (Lipinski definition) is 1. The van der Waals surface area contributed by atoms with Crippen LogP contribution in [0, 0.1) is 17.3 Å². The zero-order valence-corrected chi connectivity index (χ0v) is 18.8. The van der Waals surface area contributed by atoms with Gasteiger partial charge in [-0.3, -0.25) is 4.79 Å². The maximum atomic E-state index is 13.6. The van der Waals surface area contributed by atoms with E-state index >= 15 is 0 Å². The molecule has 0 aromatic rings. The maximum Gasteiger partial charge on any atom is 0.229 e. The highest BCUT2D eigenvalue weighted by molar-refractivity contribution is 5.95. The second-order valence-electron chi connectivity index (χ2n) is 9.60. The van der Waals surface area contributed by atoms with E-state index in [1.165, 1.54) is 12.2 Å². The number of carbonyl (C=O) groups excluding carboxylic acids is 1. The third-order valence-corrected chi connectivity index (χ3v) is 7.45. The number of piperidine rings is 1. The predicted molar refractivity (Wildman–Crippen MR) is 117 cm³/mol. The quantitative estimate of drug-likeness (QED) is 0.689. The molecule has 0 bridgehead atoms. The van der Waals surface area contributed by atoms with Gasteiger partial charge in [0.25, 0.3) is 0 Å². The van der Waals surface area contributed by atoms with Crippen LogP contribution >= 0.6 is 0 Å². The highest BCUT2D eigenvalue weighted by atomic mass is 19.1. The molecule has 8 heteroatoms. The molecular weight excluding hydrogens is 399 g/mol. The van der Waals surface area contributed by atoms with E-state index in [0.29, 0.717) is 32.1 Å². The van der Waals surface area contributed by atoms with Crippen LogP contribution in [0.4, 0.5) is 4.39 Å². The van der Waals surface area contributed by atoms with E-state index in [4.69, 9.17) is 4.84 Å². The molecule has 172 valence electrons. The Morgan fingerprint density at radius 2 is 2.13 bits per heavy atom. The number of halogens is 1. The number of amides is 1. The molecule has 31 heavy (non-hydrogen) atoms. The fourth-order valence-electron chi connectivity index (χ4n) is 5.39. The average Bonchev–Trinajstić information content (AvgIpc) is 3.27. The van der Waals surface area contributed by atoms with E-state index < -0.39 is 6.10 Å². The molecule has 4 unspecified atom stereocenters. The molecule has 4 atom stereocenters. The largest absolute Gasteiger partial charge is 0.391 e. The first-order valence-electron chi connectivity index (χ1n) is 11.5. The minimum absolute atomic E-state index is 0.0648. The van der Waals surface area contributed by atoms with Crippen LogP contribution in [0.25, 0.3) is 0 Å². The molecule has 0 spiro atoms. The lowest BCUT2D eigenvalue weighted by molar-refractivity contribution is -0.137. The van der Waals surface area contributed by atoms with Crippen molar-refractivity contribution in [2.45, 2.75) is 38.9 Å².